The van der Waals surface area contributed by atoms with Crippen molar-refractivity contribution in [1.29, 1.82) is 0 Å². The average molecular weight is 166 g/mol. The van der Waals surface area contributed by atoms with Gasteiger partial charge in [-0.15, -0.1) is 0 Å². The normalized spacial score (nSPS) is 22.2. The predicted octanol–water partition coefficient (Wildman–Crippen LogP) is 1.25. The molecular formula is C9H14N2O. The first kappa shape index (κ1) is 7.80. The van der Waals surface area contributed by atoms with Crippen molar-refractivity contribution in [3.8, 4) is 0 Å². The summed E-state index contributed by atoms with van der Waals surface area (Å²) in [6.07, 6.45) is 5.56. The first-order chi connectivity index (χ1) is 5.62. The fourth-order valence-corrected chi connectivity index (χ4v) is 1.45. The van der Waals surface area contributed by atoms with Crippen LogP contribution in [0.15, 0.2) is 12.4 Å². The van der Waals surface area contributed by atoms with Crippen LogP contribution >= 0.6 is 0 Å². The predicted molar refractivity (Wildman–Crippen MR) is 45.5 cm³/mol. The van der Waals surface area contributed by atoms with Crippen LogP contribution in [0.25, 0.3) is 0 Å². The van der Waals surface area contributed by atoms with E-state index in [4.69, 9.17) is 0 Å². The molecule has 1 aromatic rings. The molecule has 12 heavy (non-hydrogen) atoms. The van der Waals surface area contributed by atoms with E-state index in [1.807, 2.05) is 13.2 Å². The summed E-state index contributed by atoms with van der Waals surface area (Å²) in [6, 6.07) is 0. The quantitative estimate of drug-likeness (QED) is 0.718. The van der Waals surface area contributed by atoms with Gasteiger partial charge in [-0.25, -0.2) is 0 Å². The highest BCUT2D eigenvalue weighted by atomic mass is 16.3. The van der Waals surface area contributed by atoms with E-state index < -0.39 is 0 Å². The SMILES string of the molecule is Cn1cc(C(O)C2(C)CC2)cn1. The Morgan fingerprint density at radius 1 is 1.67 bits per heavy atom. The summed E-state index contributed by atoms with van der Waals surface area (Å²) in [5, 5.41) is 13.9. The standard InChI is InChI=1S/C9H14N2O/c1-9(3-4-9)8(12)7-5-10-11(2)6-7/h5-6,8,12H,3-4H2,1-2H3. The third-order valence-corrected chi connectivity index (χ3v) is 2.74. The molecule has 0 spiro atoms. The van der Waals surface area contributed by atoms with Crippen LogP contribution in [0.4, 0.5) is 0 Å². The smallest absolute Gasteiger partial charge is 0.0873 e. The van der Waals surface area contributed by atoms with Crippen LogP contribution in [0.5, 0.6) is 0 Å². The Kier molecular flexibility index (Phi) is 1.51. The number of aryl methyl sites for hydroxylation is 1. The van der Waals surface area contributed by atoms with Crippen molar-refractivity contribution in [2.24, 2.45) is 12.5 Å². The number of hydrogen-bond donors (Lipinski definition) is 1. The minimum absolute atomic E-state index is 0.128. The molecule has 3 heteroatoms. The Bertz CT molecular complexity index is 288. The molecule has 1 unspecified atom stereocenters. The van der Waals surface area contributed by atoms with Crippen molar-refractivity contribution in [1.82, 2.24) is 9.78 Å². The Morgan fingerprint density at radius 3 is 2.75 bits per heavy atom. The lowest BCUT2D eigenvalue weighted by Crippen LogP contribution is -2.08. The number of nitrogens with zero attached hydrogens (tertiary/aromatic N) is 2. The molecule has 0 saturated heterocycles. The summed E-state index contributed by atoms with van der Waals surface area (Å²) in [7, 11) is 1.87. The zero-order valence-electron chi connectivity index (χ0n) is 7.49. The van der Waals surface area contributed by atoms with Crippen molar-refractivity contribution in [3.63, 3.8) is 0 Å². The van der Waals surface area contributed by atoms with Gasteiger partial charge in [0.05, 0.1) is 12.3 Å². The molecule has 0 aromatic carbocycles. The van der Waals surface area contributed by atoms with Crippen molar-refractivity contribution in [2.75, 3.05) is 0 Å². The number of aliphatic hydroxyl groups is 1. The Labute approximate surface area is 72.0 Å². The molecule has 1 atom stereocenters. The van der Waals surface area contributed by atoms with Crippen LogP contribution in [0, 0.1) is 5.41 Å². The van der Waals surface area contributed by atoms with Gasteiger partial charge in [0.1, 0.15) is 0 Å². The van der Waals surface area contributed by atoms with Gasteiger partial charge in [-0.2, -0.15) is 5.10 Å². The number of aromatic nitrogens is 2. The van der Waals surface area contributed by atoms with Crippen LogP contribution in [0.1, 0.15) is 31.4 Å². The minimum Gasteiger partial charge on any atom is -0.388 e. The van der Waals surface area contributed by atoms with E-state index >= 15 is 0 Å². The first-order valence-electron chi connectivity index (χ1n) is 4.28. The Hall–Kier alpha value is -0.830. The van der Waals surface area contributed by atoms with Crippen LogP contribution < -0.4 is 0 Å². The van der Waals surface area contributed by atoms with Gasteiger partial charge in [0.2, 0.25) is 0 Å². The lowest BCUT2D eigenvalue weighted by Gasteiger charge is -2.14. The molecule has 0 aliphatic heterocycles. The molecule has 1 heterocycles. The largest absolute Gasteiger partial charge is 0.388 e. The number of rotatable bonds is 2. The van der Waals surface area contributed by atoms with E-state index in [2.05, 4.69) is 12.0 Å². The average Bonchev–Trinajstić information content (AvgIpc) is 2.62. The minimum atomic E-state index is -0.328. The Balaban J connectivity index is 2.19. The van der Waals surface area contributed by atoms with Crippen molar-refractivity contribution < 1.29 is 5.11 Å². The lowest BCUT2D eigenvalue weighted by atomic mass is 9.97. The Morgan fingerprint density at radius 2 is 2.33 bits per heavy atom. The third kappa shape index (κ3) is 1.14. The van der Waals surface area contributed by atoms with Crippen LogP contribution in [-0.4, -0.2) is 14.9 Å². The summed E-state index contributed by atoms with van der Waals surface area (Å²) >= 11 is 0. The van der Waals surface area contributed by atoms with E-state index in [9.17, 15) is 5.11 Å². The summed E-state index contributed by atoms with van der Waals surface area (Å²) in [6.45, 7) is 2.12. The fourth-order valence-electron chi connectivity index (χ4n) is 1.45. The van der Waals surface area contributed by atoms with Crippen molar-refractivity contribution >= 4 is 0 Å². The first-order valence-corrected chi connectivity index (χ1v) is 4.28. The maximum absolute atomic E-state index is 9.88. The van der Waals surface area contributed by atoms with E-state index in [0.717, 1.165) is 18.4 Å². The van der Waals surface area contributed by atoms with Gasteiger partial charge in [0, 0.05) is 18.8 Å². The van der Waals surface area contributed by atoms with E-state index in [1.54, 1.807) is 10.9 Å². The van der Waals surface area contributed by atoms with Gasteiger partial charge in [-0.05, 0) is 18.3 Å². The second kappa shape index (κ2) is 2.33. The van der Waals surface area contributed by atoms with Crippen molar-refractivity contribution in [3.05, 3.63) is 18.0 Å². The van der Waals surface area contributed by atoms with E-state index in [-0.39, 0.29) is 11.5 Å². The maximum atomic E-state index is 9.88. The summed E-state index contributed by atoms with van der Waals surface area (Å²) < 4.78 is 1.73. The van der Waals surface area contributed by atoms with Crippen LogP contribution in [0.2, 0.25) is 0 Å². The third-order valence-electron chi connectivity index (χ3n) is 2.74. The highest BCUT2D eigenvalue weighted by Crippen LogP contribution is 2.54. The molecule has 1 aliphatic carbocycles. The fraction of sp³-hybridized carbons (Fsp3) is 0.667. The molecule has 0 amide bonds. The molecule has 66 valence electrons. The van der Waals surface area contributed by atoms with Gasteiger partial charge < -0.3 is 5.11 Å². The molecular weight excluding hydrogens is 152 g/mol. The number of hydrogen-bond acceptors (Lipinski definition) is 2. The maximum Gasteiger partial charge on any atom is 0.0873 e. The molecule has 3 nitrogen and oxygen atoms in total. The van der Waals surface area contributed by atoms with Crippen molar-refractivity contribution in [2.45, 2.75) is 25.9 Å². The van der Waals surface area contributed by atoms with Gasteiger partial charge in [-0.1, -0.05) is 6.92 Å². The number of aliphatic hydroxyl groups excluding tert-OH is 1. The molecule has 0 radical (unpaired) electrons. The summed E-state index contributed by atoms with van der Waals surface area (Å²) in [5.41, 5.74) is 1.07. The van der Waals surface area contributed by atoms with Crippen LogP contribution in [0.3, 0.4) is 0 Å². The van der Waals surface area contributed by atoms with Gasteiger partial charge in [0.25, 0.3) is 0 Å². The van der Waals surface area contributed by atoms with E-state index in [0.29, 0.717) is 0 Å². The molecule has 1 aromatic heterocycles. The summed E-state index contributed by atoms with van der Waals surface area (Å²) in [4.78, 5) is 0. The highest BCUT2D eigenvalue weighted by Gasteiger charge is 2.45. The van der Waals surface area contributed by atoms with Gasteiger partial charge in [0.15, 0.2) is 0 Å². The topological polar surface area (TPSA) is 38.0 Å². The van der Waals surface area contributed by atoms with E-state index in [1.165, 1.54) is 0 Å². The zero-order chi connectivity index (χ0) is 8.77. The van der Waals surface area contributed by atoms with Gasteiger partial charge in [-0.3, -0.25) is 4.68 Å². The molecule has 2 rings (SSSR count). The second-order valence-electron chi connectivity index (χ2n) is 4.00. The van der Waals surface area contributed by atoms with Crippen LogP contribution in [-0.2, 0) is 7.05 Å². The second-order valence-corrected chi connectivity index (χ2v) is 4.00. The monoisotopic (exact) mass is 166 g/mol. The molecule has 1 fully saturated rings. The molecule has 1 N–H and O–H groups in total. The lowest BCUT2D eigenvalue weighted by molar-refractivity contribution is 0.103. The molecule has 0 bridgehead atoms. The van der Waals surface area contributed by atoms with Gasteiger partial charge >= 0.3 is 0 Å². The zero-order valence-corrected chi connectivity index (χ0v) is 7.49. The summed E-state index contributed by atoms with van der Waals surface area (Å²) in [5.74, 6) is 0. The molecule has 1 aliphatic rings. The highest BCUT2D eigenvalue weighted by molar-refractivity contribution is 5.14. The molecule has 1 saturated carbocycles.